The maximum absolute atomic E-state index is 5.81. The van der Waals surface area contributed by atoms with Crippen LogP contribution in [0.3, 0.4) is 0 Å². The van der Waals surface area contributed by atoms with Crippen molar-refractivity contribution in [2.45, 2.75) is 25.8 Å². The minimum atomic E-state index is 0.351. The van der Waals surface area contributed by atoms with Crippen molar-refractivity contribution in [3.8, 4) is 5.75 Å². The number of para-hydroxylation sites is 1. The van der Waals surface area contributed by atoms with Gasteiger partial charge in [0.15, 0.2) is 0 Å². The molecule has 19 heavy (non-hydrogen) atoms. The first-order valence-electron chi connectivity index (χ1n) is 6.74. The van der Waals surface area contributed by atoms with Gasteiger partial charge in [-0.1, -0.05) is 25.1 Å². The molecule has 1 atom stereocenters. The summed E-state index contributed by atoms with van der Waals surface area (Å²) in [7, 11) is 1.99. The van der Waals surface area contributed by atoms with E-state index in [1.165, 1.54) is 9.75 Å². The van der Waals surface area contributed by atoms with Crippen molar-refractivity contribution >= 4 is 11.3 Å². The Morgan fingerprint density at radius 2 is 1.84 bits per heavy atom. The van der Waals surface area contributed by atoms with E-state index in [1.807, 2.05) is 48.7 Å². The van der Waals surface area contributed by atoms with Crippen LogP contribution in [-0.4, -0.2) is 19.7 Å². The second-order valence-electron chi connectivity index (χ2n) is 4.54. The van der Waals surface area contributed by atoms with Gasteiger partial charge in [-0.2, -0.15) is 0 Å². The predicted molar refractivity (Wildman–Crippen MR) is 82.2 cm³/mol. The van der Waals surface area contributed by atoms with Crippen molar-refractivity contribution in [1.29, 1.82) is 0 Å². The summed E-state index contributed by atoms with van der Waals surface area (Å²) in [4.78, 5) is 2.88. The van der Waals surface area contributed by atoms with Gasteiger partial charge in [-0.3, -0.25) is 0 Å². The smallest absolute Gasteiger partial charge is 0.119 e. The van der Waals surface area contributed by atoms with E-state index in [4.69, 9.17) is 4.74 Å². The normalized spacial score (nSPS) is 12.3. The number of rotatable bonds is 7. The van der Waals surface area contributed by atoms with E-state index in [0.717, 1.165) is 18.6 Å². The van der Waals surface area contributed by atoms with Gasteiger partial charge in [0.05, 0.1) is 0 Å². The highest BCUT2D eigenvalue weighted by Crippen LogP contribution is 2.19. The molecule has 0 bridgehead atoms. The minimum Gasteiger partial charge on any atom is -0.492 e. The van der Waals surface area contributed by atoms with E-state index in [9.17, 15) is 0 Å². The van der Waals surface area contributed by atoms with Crippen LogP contribution in [0.15, 0.2) is 42.5 Å². The molecule has 1 unspecified atom stereocenters. The van der Waals surface area contributed by atoms with Gasteiger partial charge in [0.2, 0.25) is 0 Å². The summed E-state index contributed by atoms with van der Waals surface area (Å²) >= 11 is 1.90. The maximum Gasteiger partial charge on any atom is 0.119 e. The molecule has 0 saturated heterocycles. The zero-order chi connectivity index (χ0) is 13.5. The first-order chi connectivity index (χ1) is 9.31. The van der Waals surface area contributed by atoms with E-state index in [1.54, 1.807) is 0 Å². The SMILES string of the molecule is CCc1ccc(CC(COc2ccccc2)NC)s1. The molecule has 0 saturated carbocycles. The van der Waals surface area contributed by atoms with Crippen LogP contribution >= 0.6 is 11.3 Å². The zero-order valence-electron chi connectivity index (χ0n) is 11.6. The molecule has 0 aliphatic carbocycles. The van der Waals surface area contributed by atoms with Crippen LogP contribution in [0.4, 0.5) is 0 Å². The summed E-state index contributed by atoms with van der Waals surface area (Å²) in [6.45, 7) is 2.89. The molecule has 102 valence electrons. The molecule has 1 aromatic carbocycles. The van der Waals surface area contributed by atoms with Crippen molar-refractivity contribution < 1.29 is 4.74 Å². The van der Waals surface area contributed by atoms with Gasteiger partial charge >= 0.3 is 0 Å². The lowest BCUT2D eigenvalue weighted by atomic mass is 10.2. The molecule has 1 aromatic heterocycles. The number of benzene rings is 1. The molecule has 0 aliphatic rings. The van der Waals surface area contributed by atoms with E-state index in [0.29, 0.717) is 12.6 Å². The highest BCUT2D eigenvalue weighted by atomic mass is 32.1. The Morgan fingerprint density at radius 3 is 2.47 bits per heavy atom. The molecule has 0 fully saturated rings. The summed E-state index contributed by atoms with van der Waals surface area (Å²) in [5, 5.41) is 3.33. The van der Waals surface area contributed by atoms with Crippen molar-refractivity contribution in [2.24, 2.45) is 0 Å². The second-order valence-corrected chi connectivity index (χ2v) is 5.79. The number of thiophene rings is 1. The number of ether oxygens (including phenoxy) is 1. The molecule has 0 aliphatic heterocycles. The minimum absolute atomic E-state index is 0.351. The molecule has 0 amide bonds. The fraction of sp³-hybridized carbons (Fsp3) is 0.375. The summed E-state index contributed by atoms with van der Waals surface area (Å²) in [5.74, 6) is 0.933. The van der Waals surface area contributed by atoms with Crippen LogP contribution in [0.25, 0.3) is 0 Å². The highest BCUT2D eigenvalue weighted by Gasteiger charge is 2.10. The molecule has 2 rings (SSSR count). The standard InChI is InChI=1S/C16H21NOS/c1-3-15-9-10-16(19-15)11-13(17-2)12-18-14-7-5-4-6-8-14/h4-10,13,17H,3,11-12H2,1-2H3. The second kappa shape index (κ2) is 7.31. The number of nitrogens with one attached hydrogen (secondary N) is 1. The van der Waals surface area contributed by atoms with Gasteiger partial charge in [0, 0.05) is 22.2 Å². The Bertz CT molecular complexity index is 481. The summed E-state index contributed by atoms with van der Waals surface area (Å²) in [5.41, 5.74) is 0. The van der Waals surface area contributed by atoms with Gasteiger partial charge < -0.3 is 10.1 Å². The lowest BCUT2D eigenvalue weighted by Crippen LogP contribution is -2.33. The van der Waals surface area contributed by atoms with Gasteiger partial charge in [-0.15, -0.1) is 11.3 Å². The van der Waals surface area contributed by atoms with Crippen LogP contribution in [0.1, 0.15) is 16.7 Å². The largest absolute Gasteiger partial charge is 0.492 e. The monoisotopic (exact) mass is 275 g/mol. The Hall–Kier alpha value is -1.32. The summed E-state index contributed by atoms with van der Waals surface area (Å²) < 4.78 is 5.81. The van der Waals surface area contributed by atoms with Gasteiger partial charge in [0.1, 0.15) is 12.4 Å². The van der Waals surface area contributed by atoms with Crippen LogP contribution in [-0.2, 0) is 12.8 Å². The van der Waals surface area contributed by atoms with Crippen molar-refractivity contribution in [3.63, 3.8) is 0 Å². The van der Waals surface area contributed by atoms with Crippen LogP contribution in [0, 0.1) is 0 Å². The van der Waals surface area contributed by atoms with Crippen molar-refractivity contribution in [2.75, 3.05) is 13.7 Å². The van der Waals surface area contributed by atoms with E-state index in [-0.39, 0.29) is 0 Å². The lowest BCUT2D eigenvalue weighted by Gasteiger charge is -2.16. The molecule has 1 N–H and O–H groups in total. The third kappa shape index (κ3) is 4.37. The number of hydrogen-bond donors (Lipinski definition) is 1. The predicted octanol–water partition coefficient (Wildman–Crippen LogP) is 3.52. The summed E-state index contributed by atoms with van der Waals surface area (Å²) in [6.07, 6.45) is 2.14. The Kier molecular flexibility index (Phi) is 5.43. The fourth-order valence-corrected chi connectivity index (χ4v) is 2.96. The lowest BCUT2D eigenvalue weighted by molar-refractivity contribution is 0.270. The molecule has 0 radical (unpaired) electrons. The van der Waals surface area contributed by atoms with E-state index < -0.39 is 0 Å². The highest BCUT2D eigenvalue weighted by molar-refractivity contribution is 7.11. The first-order valence-corrected chi connectivity index (χ1v) is 7.56. The summed E-state index contributed by atoms with van der Waals surface area (Å²) in [6, 6.07) is 14.8. The van der Waals surface area contributed by atoms with Crippen LogP contribution < -0.4 is 10.1 Å². The van der Waals surface area contributed by atoms with Gasteiger partial charge in [-0.05, 0) is 37.7 Å². The van der Waals surface area contributed by atoms with E-state index >= 15 is 0 Å². The molecule has 2 aromatic rings. The average molecular weight is 275 g/mol. The quantitative estimate of drug-likeness (QED) is 0.835. The number of likely N-dealkylation sites (N-methyl/N-ethyl adjacent to an activating group) is 1. The molecular weight excluding hydrogens is 254 g/mol. The van der Waals surface area contributed by atoms with Crippen LogP contribution in [0.2, 0.25) is 0 Å². The topological polar surface area (TPSA) is 21.3 Å². The zero-order valence-corrected chi connectivity index (χ0v) is 12.4. The Labute approximate surface area is 119 Å². The third-order valence-corrected chi connectivity index (χ3v) is 4.37. The van der Waals surface area contributed by atoms with Crippen LogP contribution in [0.5, 0.6) is 5.75 Å². The molecule has 0 spiro atoms. The molecule has 3 heteroatoms. The molecule has 1 heterocycles. The van der Waals surface area contributed by atoms with Crippen molar-refractivity contribution in [3.05, 3.63) is 52.2 Å². The molecule has 2 nitrogen and oxygen atoms in total. The fourth-order valence-electron chi connectivity index (χ4n) is 1.92. The van der Waals surface area contributed by atoms with Crippen molar-refractivity contribution in [1.82, 2.24) is 5.32 Å². The maximum atomic E-state index is 5.81. The third-order valence-electron chi connectivity index (χ3n) is 3.12. The number of hydrogen-bond acceptors (Lipinski definition) is 3. The molecular formula is C16H21NOS. The Morgan fingerprint density at radius 1 is 1.11 bits per heavy atom. The first kappa shape index (κ1) is 14.1. The Balaban J connectivity index is 1.86. The van der Waals surface area contributed by atoms with Gasteiger partial charge in [0.25, 0.3) is 0 Å². The average Bonchev–Trinajstić information content (AvgIpc) is 2.92. The van der Waals surface area contributed by atoms with Gasteiger partial charge in [-0.25, -0.2) is 0 Å². The number of aryl methyl sites for hydroxylation is 1. The van der Waals surface area contributed by atoms with E-state index in [2.05, 4.69) is 24.4 Å².